The van der Waals surface area contributed by atoms with Crippen LogP contribution in [0.3, 0.4) is 0 Å². The Balaban J connectivity index is 1.64. The van der Waals surface area contributed by atoms with Crippen LogP contribution in [0.4, 0.5) is 11.6 Å². The third-order valence-electron chi connectivity index (χ3n) is 4.35. The van der Waals surface area contributed by atoms with Crippen molar-refractivity contribution in [3.05, 3.63) is 46.6 Å². The van der Waals surface area contributed by atoms with Crippen molar-refractivity contribution in [2.75, 3.05) is 23.3 Å². The molecule has 0 unspecified atom stereocenters. The van der Waals surface area contributed by atoms with Gasteiger partial charge in [-0.3, -0.25) is 4.79 Å². The number of aryl methyl sites for hydroxylation is 1. The fourth-order valence-corrected chi connectivity index (χ4v) is 2.98. The van der Waals surface area contributed by atoms with Gasteiger partial charge in [0.15, 0.2) is 11.5 Å². The van der Waals surface area contributed by atoms with Gasteiger partial charge in [0.05, 0.1) is 0 Å². The Morgan fingerprint density at radius 1 is 1.36 bits per heavy atom. The van der Waals surface area contributed by atoms with Gasteiger partial charge in [-0.1, -0.05) is 6.07 Å². The second kappa shape index (κ2) is 7.33. The Bertz CT molecular complexity index is 812. The molecule has 1 aliphatic rings. The second-order valence-corrected chi connectivity index (χ2v) is 5.96. The van der Waals surface area contributed by atoms with Gasteiger partial charge in [-0.15, -0.1) is 0 Å². The lowest BCUT2D eigenvalue weighted by Crippen LogP contribution is -2.42. The van der Waals surface area contributed by atoms with Crippen molar-refractivity contribution in [2.45, 2.75) is 32.4 Å². The molecule has 1 fully saturated rings. The van der Waals surface area contributed by atoms with Crippen molar-refractivity contribution in [3.8, 4) is 0 Å². The third-order valence-corrected chi connectivity index (χ3v) is 4.35. The number of rotatable bonds is 5. The van der Waals surface area contributed by atoms with E-state index in [4.69, 9.17) is 5.11 Å². The number of aromatic carboxylic acids is 1. The van der Waals surface area contributed by atoms with Crippen molar-refractivity contribution >= 4 is 17.6 Å². The molecule has 3 rings (SSSR count). The molecule has 25 heavy (non-hydrogen) atoms. The molecule has 1 aliphatic heterocycles. The van der Waals surface area contributed by atoms with Gasteiger partial charge < -0.3 is 19.9 Å². The van der Waals surface area contributed by atoms with E-state index in [2.05, 4.69) is 15.3 Å². The molecule has 0 spiro atoms. The summed E-state index contributed by atoms with van der Waals surface area (Å²) in [6.45, 7) is 3.98. The first-order valence-corrected chi connectivity index (χ1v) is 8.35. The molecule has 0 atom stereocenters. The number of hydrogen-bond donors (Lipinski definition) is 2. The average molecular weight is 343 g/mol. The van der Waals surface area contributed by atoms with Crippen molar-refractivity contribution in [1.82, 2.24) is 14.5 Å². The first-order valence-electron chi connectivity index (χ1n) is 8.35. The minimum Gasteiger partial charge on any atom is -0.477 e. The van der Waals surface area contributed by atoms with Crippen LogP contribution in [0.2, 0.25) is 0 Å². The molecular weight excluding hydrogens is 322 g/mol. The number of pyridine rings is 1. The Labute approximate surface area is 145 Å². The van der Waals surface area contributed by atoms with Gasteiger partial charge in [0.1, 0.15) is 5.82 Å². The van der Waals surface area contributed by atoms with Crippen molar-refractivity contribution < 1.29 is 9.90 Å². The maximum atomic E-state index is 12.4. The van der Waals surface area contributed by atoms with E-state index in [9.17, 15) is 9.59 Å². The van der Waals surface area contributed by atoms with E-state index < -0.39 is 5.97 Å². The molecule has 0 amide bonds. The van der Waals surface area contributed by atoms with Crippen molar-refractivity contribution in [2.24, 2.45) is 0 Å². The molecule has 0 saturated carbocycles. The van der Waals surface area contributed by atoms with E-state index in [1.54, 1.807) is 29.1 Å². The predicted octanol–water partition coefficient (Wildman–Crippen LogP) is 1.44. The lowest BCUT2D eigenvalue weighted by molar-refractivity contribution is 0.0690. The summed E-state index contributed by atoms with van der Waals surface area (Å²) in [6, 6.07) is 5.09. The van der Waals surface area contributed by atoms with E-state index in [1.165, 1.54) is 6.07 Å². The van der Waals surface area contributed by atoms with Gasteiger partial charge in [-0.05, 0) is 31.9 Å². The zero-order valence-corrected chi connectivity index (χ0v) is 14.1. The van der Waals surface area contributed by atoms with Crippen LogP contribution in [0.1, 0.15) is 30.3 Å². The summed E-state index contributed by atoms with van der Waals surface area (Å²) in [7, 11) is 0. The molecule has 132 valence electrons. The minimum absolute atomic E-state index is 0.0241. The Hall–Kier alpha value is -2.90. The van der Waals surface area contributed by atoms with E-state index >= 15 is 0 Å². The summed E-state index contributed by atoms with van der Waals surface area (Å²) in [5.41, 5.74) is -0.0386. The molecule has 0 radical (unpaired) electrons. The highest BCUT2D eigenvalue weighted by Gasteiger charge is 2.22. The predicted molar refractivity (Wildman–Crippen MR) is 94.2 cm³/mol. The van der Waals surface area contributed by atoms with Crippen LogP contribution in [-0.4, -0.2) is 44.7 Å². The fraction of sp³-hybridized carbons (Fsp3) is 0.412. The summed E-state index contributed by atoms with van der Waals surface area (Å²) >= 11 is 0. The molecule has 2 aromatic rings. The Kier molecular flexibility index (Phi) is 4.97. The molecule has 0 bridgehead atoms. The quantitative estimate of drug-likeness (QED) is 0.847. The van der Waals surface area contributed by atoms with Gasteiger partial charge in [-0.2, -0.15) is 0 Å². The lowest BCUT2D eigenvalue weighted by atomic mass is 10.1. The van der Waals surface area contributed by atoms with Gasteiger partial charge in [0.2, 0.25) is 0 Å². The topological polar surface area (TPSA) is 100 Å². The molecule has 8 nitrogen and oxygen atoms in total. The molecule has 8 heteroatoms. The SMILES string of the molecule is CCn1ccnc(N2CCC(Nc3cccc(C(=O)O)n3)CC2)c1=O. The van der Waals surface area contributed by atoms with E-state index in [-0.39, 0.29) is 17.3 Å². The number of carboxylic acids is 1. The smallest absolute Gasteiger partial charge is 0.354 e. The molecular formula is C17H21N5O3. The standard InChI is InChI=1S/C17H21N5O3/c1-2-21-11-8-18-15(16(21)23)22-9-6-12(7-10-22)19-14-5-3-4-13(20-14)17(24)25/h3-5,8,11-12H,2,6-7,9-10H2,1H3,(H,19,20)(H,24,25). The van der Waals surface area contributed by atoms with Gasteiger partial charge in [0, 0.05) is 38.1 Å². The van der Waals surface area contributed by atoms with Gasteiger partial charge >= 0.3 is 5.97 Å². The van der Waals surface area contributed by atoms with E-state index in [0.717, 1.165) is 12.8 Å². The Morgan fingerprint density at radius 3 is 2.80 bits per heavy atom. The monoisotopic (exact) mass is 343 g/mol. The zero-order chi connectivity index (χ0) is 17.8. The van der Waals surface area contributed by atoms with Crippen molar-refractivity contribution in [1.29, 1.82) is 0 Å². The highest BCUT2D eigenvalue weighted by molar-refractivity contribution is 5.85. The maximum absolute atomic E-state index is 12.4. The van der Waals surface area contributed by atoms with Gasteiger partial charge in [-0.25, -0.2) is 14.8 Å². The number of nitrogens with zero attached hydrogens (tertiary/aromatic N) is 4. The maximum Gasteiger partial charge on any atom is 0.354 e. The fourth-order valence-electron chi connectivity index (χ4n) is 2.98. The van der Waals surface area contributed by atoms with Crippen LogP contribution in [0, 0.1) is 0 Å². The average Bonchev–Trinajstić information content (AvgIpc) is 2.63. The molecule has 0 aromatic carbocycles. The summed E-state index contributed by atoms with van der Waals surface area (Å²) in [5.74, 6) is 0.0131. The minimum atomic E-state index is -1.04. The van der Waals surface area contributed by atoms with Crippen LogP contribution < -0.4 is 15.8 Å². The summed E-state index contributed by atoms with van der Waals surface area (Å²) in [6.07, 6.45) is 5.00. The molecule has 2 N–H and O–H groups in total. The van der Waals surface area contributed by atoms with Crippen LogP contribution in [0.5, 0.6) is 0 Å². The van der Waals surface area contributed by atoms with Crippen LogP contribution >= 0.6 is 0 Å². The number of anilines is 2. The summed E-state index contributed by atoms with van der Waals surface area (Å²) < 4.78 is 1.65. The van der Waals surface area contributed by atoms with Crippen molar-refractivity contribution in [3.63, 3.8) is 0 Å². The molecule has 3 heterocycles. The highest BCUT2D eigenvalue weighted by atomic mass is 16.4. The summed E-state index contributed by atoms with van der Waals surface area (Å²) in [4.78, 5) is 33.7. The van der Waals surface area contributed by atoms with Gasteiger partial charge in [0.25, 0.3) is 5.56 Å². The number of hydrogen-bond acceptors (Lipinski definition) is 6. The molecule has 1 saturated heterocycles. The Morgan fingerprint density at radius 2 is 2.12 bits per heavy atom. The van der Waals surface area contributed by atoms with Crippen LogP contribution in [0.25, 0.3) is 0 Å². The number of carbonyl (C=O) groups is 1. The first-order chi connectivity index (χ1) is 12.1. The molecule has 2 aromatic heterocycles. The first kappa shape index (κ1) is 16.9. The van der Waals surface area contributed by atoms with E-state index in [0.29, 0.717) is 31.3 Å². The second-order valence-electron chi connectivity index (χ2n) is 5.96. The number of carboxylic acid groups (broad SMARTS) is 1. The van der Waals surface area contributed by atoms with Crippen LogP contribution in [-0.2, 0) is 6.54 Å². The third kappa shape index (κ3) is 3.78. The molecule has 0 aliphatic carbocycles. The lowest BCUT2D eigenvalue weighted by Gasteiger charge is -2.33. The van der Waals surface area contributed by atoms with E-state index in [1.807, 2.05) is 11.8 Å². The number of piperidine rings is 1. The number of aromatic nitrogens is 3. The summed E-state index contributed by atoms with van der Waals surface area (Å²) in [5, 5.41) is 12.3. The number of nitrogens with one attached hydrogen (secondary N) is 1. The normalized spacial score (nSPS) is 15.2. The zero-order valence-electron chi connectivity index (χ0n) is 14.1. The largest absolute Gasteiger partial charge is 0.477 e. The van der Waals surface area contributed by atoms with Crippen LogP contribution in [0.15, 0.2) is 35.4 Å². The highest BCUT2D eigenvalue weighted by Crippen LogP contribution is 2.18.